The van der Waals surface area contributed by atoms with Gasteiger partial charge in [0.15, 0.2) is 5.13 Å². The van der Waals surface area contributed by atoms with Crippen LogP contribution in [0.2, 0.25) is 0 Å². The van der Waals surface area contributed by atoms with Crippen LogP contribution < -0.4 is 9.80 Å². The molecular formula is C22H23FN3S+. The molecule has 4 rings (SSSR count). The highest BCUT2D eigenvalue weighted by molar-refractivity contribution is 7.14. The van der Waals surface area contributed by atoms with Gasteiger partial charge in [-0.15, -0.1) is 11.3 Å². The van der Waals surface area contributed by atoms with Crippen molar-refractivity contribution in [2.24, 2.45) is 0 Å². The fourth-order valence-electron chi connectivity index (χ4n) is 3.31. The molecule has 1 aliphatic heterocycles. The van der Waals surface area contributed by atoms with E-state index in [4.69, 9.17) is 4.98 Å². The summed E-state index contributed by atoms with van der Waals surface area (Å²) >= 11 is 1.67. The van der Waals surface area contributed by atoms with E-state index < -0.39 is 0 Å². The zero-order valence-electron chi connectivity index (χ0n) is 15.1. The summed E-state index contributed by atoms with van der Waals surface area (Å²) in [6, 6.07) is 17.0. The third-order valence-electron chi connectivity index (χ3n) is 4.89. The smallest absolute Gasteiger partial charge is 0.186 e. The lowest BCUT2D eigenvalue weighted by Crippen LogP contribution is -3.14. The van der Waals surface area contributed by atoms with E-state index in [1.807, 2.05) is 6.07 Å². The minimum absolute atomic E-state index is 0.213. The number of quaternary nitrogens is 1. The number of hydrogen-bond donors (Lipinski definition) is 1. The van der Waals surface area contributed by atoms with E-state index in [0.717, 1.165) is 49.1 Å². The average molecular weight is 381 g/mol. The molecule has 27 heavy (non-hydrogen) atoms. The number of halogens is 1. The summed E-state index contributed by atoms with van der Waals surface area (Å²) in [4.78, 5) is 8.73. The fraction of sp³-hybridized carbons (Fsp3) is 0.227. The number of rotatable bonds is 5. The Morgan fingerprint density at radius 1 is 1.04 bits per heavy atom. The molecule has 1 saturated heterocycles. The van der Waals surface area contributed by atoms with Crippen LogP contribution in [0, 0.1) is 5.82 Å². The number of nitrogens with one attached hydrogen (secondary N) is 1. The molecule has 0 bridgehead atoms. The summed E-state index contributed by atoms with van der Waals surface area (Å²) in [6.45, 7) is 5.33. The van der Waals surface area contributed by atoms with E-state index in [0.29, 0.717) is 0 Å². The van der Waals surface area contributed by atoms with Gasteiger partial charge in [0, 0.05) is 10.9 Å². The molecule has 0 spiro atoms. The molecule has 0 amide bonds. The Balaban J connectivity index is 1.30. The Labute approximate surface area is 163 Å². The van der Waals surface area contributed by atoms with Crippen molar-refractivity contribution in [2.75, 3.05) is 37.6 Å². The summed E-state index contributed by atoms with van der Waals surface area (Å²) in [5.74, 6) is -0.213. The van der Waals surface area contributed by atoms with Gasteiger partial charge in [-0.1, -0.05) is 36.4 Å². The number of hydrogen-bond acceptors (Lipinski definition) is 3. The first-order valence-corrected chi connectivity index (χ1v) is 10.2. The van der Waals surface area contributed by atoms with Crippen molar-refractivity contribution < 1.29 is 9.29 Å². The highest BCUT2D eigenvalue weighted by Gasteiger charge is 2.21. The predicted molar refractivity (Wildman–Crippen MR) is 111 cm³/mol. The molecule has 1 fully saturated rings. The molecule has 5 heteroatoms. The Morgan fingerprint density at radius 3 is 2.52 bits per heavy atom. The van der Waals surface area contributed by atoms with Crippen LogP contribution in [0.4, 0.5) is 9.52 Å². The molecule has 0 unspecified atom stereocenters. The minimum atomic E-state index is -0.213. The van der Waals surface area contributed by atoms with Gasteiger partial charge in [-0.05, 0) is 35.9 Å². The monoisotopic (exact) mass is 380 g/mol. The second kappa shape index (κ2) is 8.46. The standard InChI is InChI=1S/C22H22FN3S/c23-20-10-8-19(9-11-20)21-17-27-22(24-21)26-15-13-25(14-16-26)12-4-7-18-5-2-1-3-6-18/h1-11,17H,12-16H2/p+1/b7-4-. The first kappa shape index (κ1) is 17.9. The Morgan fingerprint density at radius 2 is 1.78 bits per heavy atom. The topological polar surface area (TPSA) is 20.6 Å². The Kier molecular flexibility index (Phi) is 5.61. The Bertz CT molecular complexity index is 881. The van der Waals surface area contributed by atoms with E-state index in [1.54, 1.807) is 28.4 Å². The molecule has 3 nitrogen and oxygen atoms in total. The molecule has 0 saturated carbocycles. The average Bonchev–Trinajstić information content (AvgIpc) is 3.20. The van der Waals surface area contributed by atoms with Gasteiger partial charge in [0.05, 0.1) is 38.4 Å². The molecule has 3 aromatic rings. The van der Waals surface area contributed by atoms with Gasteiger partial charge in [-0.3, -0.25) is 0 Å². The zero-order chi connectivity index (χ0) is 18.5. The number of piperazine rings is 1. The molecule has 0 aliphatic carbocycles. The zero-order valence-corrected chi connectivity index (χ0v) is 16.0. The largest absolute Gasteiger partial charge is 0.337 e. The first-order chi connectivity index (χ1) is 13.3. The third kappa shape index (κ3) is 4.62. The summed E-state index contributed by atoms with van der Waals surface area (Å²) in [5, 5.41) is 3.12. The summed E-state index contributed by atoms with van der Waals surface area (Å²) in [7, 11) is 0. The van der Waals surface area contributed by atoms with E-state index in [1.165, 1.54) is 17.7 Å². The molecule has 138 valence electrons. The maximum atomic E-state index is 13.1. The number of thiazole rings is 1. The van der Waals surface area contributed by atoms with Crippen molar-refractivity contribution in [1.82, 2.24) is 4.98 Å². The van der Waals surface area contributed by atoms with Gasteiger partial charge in [0.1, 0.15) is 5.82 Å². The number of nitrogens with zero attached hydrogens (tertiary/aromatic N) is 2. The molecule has 2 aromatic carbocycles. The minimum Gasteiger partial charge on any atom is -0.337 e. The summed E-state index contributed by atoms with van der Waals surface area (Å²) in [6.07, 6.45) is 4.48. The second-order valence-corrected chi connectivity index (χ2v) is 7.61. The van der Waals surface area contributed by atoms with Crippen molar-refractivity contribution in [2.45, 2.75) is 0 Å². The molecule has 1 aliphatic rings. The number of benzene rings is 2. The maximum Gasteiger partial charge on any atom is 0.186 e. The lowest BCUT2D eigenvalue weighted by atomic mass is 10.2. The lowest BCUT2D eigenvalue weighted by Gasteiger charge is -2.31. The van der Waals surface area contributed by atoms with Crippen molar-refractivity contribution in [1.29, 1.82) is 0 Å². The van der Waals surface area contributed by atoms with Crippen molar-refractivity contribution in [3.8, 4) is 11.3 Å². The predicted octanol–water partition coefficient (Wildman–Crippen LogP) is 3.37. The van der Waals surface area contributed by atoms with Crippen molar-refractivity contribution in [3.05, 3.63) is 77.4 Å². The van der Waals surface area contributed by atoms with Crippen LogP contribution in [-0.4, -0.2) is 37.7 Å². The first-order valence-electron chi connectivity index (χ1n) is 9.29. The molecule has 0 atom stereocenters. The highest BCUT2D eigenvalue weighted by Crippen LogP contribution is 2.27. The summed E-state index contributed by atoms with van der Waals surface area (Å²) < 4.78 is 13.1. The third-order valence-corrected chi connectivity index (χ3v) is 5.79. The molecule has 1 aromatic heterocycles. The van der Waals surface area contributed by atoms with E-state index in [-0.39, 0.29) is 5.82 Å². The van der Waals surface area contributed by atoms with Gasteiger partial charge in [-0.25, -0.2) is 9.37 Å². The fourth-order valence-corrected chi connectivity index (χ4v) is 4.20. The van der Waals surface area contributed by atoms with E-state index in [2.05, 4.69) is 46.7 Å². The van der Waals surface area contributed by atoms with Crippen LogP contribution in [0.5, 0.6) is 0 Å². The van der Waals surface area contributed by atoms with Gasteiger partial charge in [0.25, 0.3) is 0 Å². The molecule has 2 heterocycles. The van der Waals surface area contributed by atoms with Crippen LogP contribution in [-0.2, 0) is 0 Å². The molecular weight excluding hydrogens is 357 g/mol. The molecule has 1 N–H and O–H groups in total. The van der Waals surface area contributed by atoms with Gasteiger partial charge in [0.2, 0.25) is 0 Å². The van der Waals surface area contributed by atoms with Crippen LogP contribution in [0.25, 0.3) is 17.3 Å². The van der Waals surface area contributed by atoms with Crippen LogP contribution in [0.1, 0.15) is 5.56 Å². The number of aromatic nitrogens is 1. The van der Waals surface area contributed by atoms with Gasteiger partial charge < -0.3 is 9.80 Å². The SMILES string of the molecule is Fc1ccc(-c2csc(N3CC[NH+](C/C=C\c4ccccc4)CC3)n2)cc1. The normalized spacial score (nSPS) is 15.5. The highest BCUT2D eigenvalue weighted by atomic mass is 32.1. The maximum absolute atomic E-state index is 13.1. The van der Waals surface area contributed by atoms with Crippen molar-refractivity contribution >= 4 is 22.5 Å². The number of anilines is 1. The van der Waals surface area contributed by atoms with Crippen LogP contribution in [0.3, 0.4) is 0 Å². The lowest BCUT2D eigenvalue weighted by molar-refractivity contribution is -0.894. The summed E-state index contributed by atoms with van der Waals surface area (Å²) in [5.41, 5.74) is 3.15. The van der Waals surface area contributed by atoms with E-state index >= 15 is 0 Å². The Hall–Kier alpha value is -2.50. The van der Waals surface area contributed by atoms with Crippen LogP contribution in [0.15, 0.2) is 66.1 Å². The van der Waals surface area contributed by atoms with Crippen LogP contribution >= 0.6 is 11.3 Å². The van der Waals surface area contributed by atoms with Gasteiger partial charge >= 0.3 is 0 Å². The molecule has 0 radical (unpaired) electrons. The second-order valence-electron chi connectivity index (χ2n) is 6.78. The van der Waals surface area contributed by atoms with Crippen molar-refractivity contribution in [3.63, 3.8) is 0 Å². The quantitative estimate of drug-likeness (QED) is 0.733. The van der Waals surface area contributed by atoms with Gasteiger partial charge in [-0.2, -0.15) is 0 Å². The van der Waals surface area contributed by atoms with E-state index in [9.17, 15) is 4.39 Å².